The summed E-state index contributed by atoms with van der Waals surface area (Å²) in [5, 5.41) is 2.90. The van der Waals surface area contributed by atoms with E-state index in [9.17, 15) is 13.6 Å². The van der Waals surface area contributed by atoms with Crippen LogP contribution in [0.5, 0.6) is 11.5 Å². The van der Waals surface area contributed by atoms with Gasteiger partial charge in [-0.05, 0) is 49.0 Å². The van der Waals surface area contributed by atoms with Gasteiger partial charge in [-0.1, -0.05) is 32.0 Å². The smallest absolute Gasteiger partial charge is 0.387 e. The second-order valence-electron chi connectivity index (χ2n) is 6.13. The lowest BCUT2D eigenvalue weighted by molar-refractivity contribution is -0.0498. The van der Waals surface area contributed by atoms with Crippen molar-refractivity contribution in [2.24, 2.45) is 0 Å². The Hall–Kier alpha value is -2.67. The number of hydrogen-bond acceptors (Lipinski definition) is 4. The summed E-state index contributed by atoms with van der Waals surface area (Å²) in [6.45, 7) is 3.18. The maximum Gasteiger partial charge on any atom is 0.387 e. The zero-order valence-electron chi connectivity index (χ0n) is 16.3. The summed E-state index contributed by atoms with van der Waals surface area (Å²) >= 11 is 0. The maximum absolute atomic E-state index is 12.5. The molecule has 0 fully saturated rings. The van der Waals surface area contributed by atoms with E-state index < -0.39 is 6.61 Å². The normalized spacial score (nSPS) is 12.1. The molecule has 152 valence electrons. The van der Waals surface area contributed by atoms with E-state index in [1.165, 1.54) is 18.2 Å². The average molecular weight is 392 g/mol. The Balaban J connectivity index is 2.15. The van der Waals surface area contributed by atoms with Crippen molar-refractivity contribution >= 4 is 5.91 Å². The van der Waals surface area contributed by atoms with Gasteiger partial charge in [0.2, 0.25) is 0 Å². The average Bonchev–Trinajstić information content (AvgIpc) is 2.70. The molecule has 0 aliphatic carbocycles. The van der Waals surface area contributed by atoms with E-state index in [0.717, 1.165) is 24.4 Å². The Morgan fingerprint density at radius 1 is 1.07 bits per heavy atom. The van der Waals surface area contributed by atoms with Crippen LogP contribution in [0, 0.1) is 0 Å². The van der Waals surface area contributed by atoms with Crippen molar-refractivity contribution in [1.29, 1.82) is 0 Å². The minimum Gasteiger partial charge on any atom is -0.497 e. The van der Waals surface area contributed by atoms with E-state index in [1.807, 2.05) is 24.3 Å². The van der Waals surface area contributed by atoms with Crippen LogP contribution in [0.3, 0.4) is 0 Å². The van der Waals surface area contributed by atoms with Crippen LogP contribution >= 0.6 is 0 Å². The number of nitrogens with one attached hydrogen (secondary N) is 1. The van der Waals surface area contributed by atoms with Crippen molar-refractivity contribution in [2.45, 2.75) is 26.5 Å². The fourth-order valence-corrected chi connectivity index (χ4v) is 3.08. The number of benzene rings is 2. The summed E-state index contributed by atoms with van der Waals surface area (Å²) < 4.78 is 34.4. The molecule has 0 bridgehead atoms. The quantitative estimate of drug-likeness (QED) is 0.661. The van der Waals surface area contributed by atoms with E-state index in [2.05, 4.69) is 28.8 Å². The molecule has 1 unspecified atom stereocenters. The van der Waals surface area contributed by atoms with Crippen LogP contribution in [-0.2, 0) is 0 Å². The van der Waals surface area contributed by atoms with Gasteiger partial charge >= 0.3 is 6.61 Å². The molecule has 0 aliphatic rings. The number of likely N-dealkylation sites (N-methyl/N-ethyl adjacent to an activating group) is 1. The highest BCUT2D eigenvalue weighted by Crippen LogP contribution is 2.24. The minimum absolute atomic E-state index is 0.0456. The SMILES string of the molecule is CCN(CC)C(CNC(=O)c1cccc(OC(F)F)c1)c1cccc(OC)c1. The molecule has 28 heavy (non-hydrogen) atoms. The predicted octanol–water partition coefficient (Wildman–Crippen LogP) is 4.11. The Labute approximate surface area is 164 Å². The van der Waals surface area contributed by atoms with Gasteiger partial charge in [-0.2, -0.15) is 8.78 Å². The number of rotatable bonds is 10. The number of halogens is 2. The third kappa shape index (κ3) is 5.92. The molecule has 1 atom stereocenters. The molecule has 0 aromatic heterocycles. The van der Waals surface area contributed by atoms with Gasteiger partial charge in [0.25, 0.3) is 5.91 Å². The number of methoxy groups -OCH3 is 1. The van der Waals surface area contributed by atoms with Crippen molar-refractivity contribution in [3.8, 4) is 11.5 Å². The zero-order chi connectivity index (χ0) is 20.5. The molecule has 1 amide bonds. The second kappa shape index (κ2) is 10.6. The fraction of sp³-hybridized carbons (Fsp3) is 0.381. The first-order valence-electron chi connectivity index (χ1n) is 9.19. The van der Waals surface area contributed by atoms with Gasteiger partial charge in [0.05, 0.1) is 13.2 Å². The summed E-state index contributed by atoms with van der Waals surface area (Å²) in [6, 6.07) is 13.4. The third-order valence-electron chi connectivity index (χ3n) is 4.51. The predicted molar refractivity (Wildman–Crippen MR) is 104 cm³/mol. The van der Waals surface area contributed by atoms with Gasteiger partial charge in [0, 0.05) is 12.1 Å². The Bertz CT molecular complexity index is 767. The van der Waals surface area contributed by atoms with Crippen molar-refractivity contribution < 1.29 is 23.0 Å². The van der Waals surface area contributed by atoms with Crippen molar-refractivity contribution in [3.05, 3.63) is 59.7 Å². The van der Waals surface area contributed by atoms with Gasteiger partial charge in [0.15, 0.2) is 0 Å². The standard InChI is InChI=1S/C21H26F2N2O3/c1-4-25(5-2)19(15-8-6-10-17(12-15)27-3)14-24-20(26)16-9-7-11-18(13-16)28-21(22)23/h6-13,19,21H,4-5,14H2,1-3H3,(H,24,26). The first-order chi connectivity index (χ1) is 13.5. The lowest BCUT2D eigenvalue weighted by Crippen LogP contribution is -2.38. The van der Waals surface area contributed by atoms with Gasteiger partial charge < -0.3 is 14.8 Å². The van der Waals surface area contributed by atoms with E-state index in [4.69, 9.17) is 4.74 Å². The number of ether oxygens (including phenoxy) is 2. The molecule has 0 spiro atoms. The van der Waals surface area contributed by atoms with Crippen LogP contribution in [0.4, 0.5) is 8.78 Å². The molecule has 7 heteroatoms. The highest BCUT2D eigenvalue weighted by atomic mass is 19.3. The van der Waals surface area contributed by atoms with Gasteiger partial charge in [-0.3, -0.25) is 9.69 Å². The molecule has 2 aromatic carbocycles. The van der Waals surface area contributed by atoms with Crippen molar-refractivity contribution in [3.63, 3.8) is 0 Å². The zero-order valence-corrected chi connectivity index (χ0v) is 16.3. The molecule has 0 saturated heterocycles. The van der Waals surface area contributed by atoms with Gasteiger partial charge in [0.1, 0.15) is 11.5 Å². The highest BCUT2D eigenvalue weighted by molar-refractivity contribution is 5.94. The highest BCUT2D eigenvalue weighted by Gasteiger charge is 2.20. The number of carbonyl (C=O) groups is 1. The molecule has 0 saturated carbocycles. The van der Waals surface area contributed by atoms with Crippen LogP contribution in [-0.4, -0.2) is 44.2 Å². The number of nitrogens with zero attached hydrogens (tertiary/aromatic N) is 1. The van der Waals surface area contributed by atoms with Gasteiger partial charge in [-0.25, -0.2) is 0 Å². The summed E-state index contributed by atoms with van der Waals surface area (Å²) in [4.78, 5) is 14.8. The van der Waals surface area contributed by atoms with Crippen LogP contribution < -0.4 is 14.8 Å². The van der Waals surface area contributed by atoms with E-state index in [0.29, 0.717) is 6.54 Å². The summed E-state index contributed by atoms with van der Waals surface area (Å²) in [6.07, 6.45) is 0. The first-order valence-corrected chi connectivity index (χ1v) is 9.19. The van der Waals surface area contributed by atoms with Crippen LogP contribution in [0.15, 0.2) is 48.5 Å². The summed E-state index contributed by atoms with van der Waals surface area (Å²) in [7, 11) is 1.61. The Kier molecular flexibility index (Phi) is 8.19. The monoisotopic (exact) mass is 392 g/mol. The van der Waals surface area contributed by atoms with Crippen LogP contribution in [0.25, 0.3) is 0 Å². The molecule has 2 aromatic rings. The Morgan fingerprint density at radius 3 is 2.39 bits per heavy atom. The van der Waals surface area contributed by atoms with Crippen molar-refractivity contribution in [2.75, 3.05) is 26.7 Å². The van der Waals surface area contributed by atoms with Crippen molar-refractivity contribution in [1.82, 2.24) is 10.2 Å². The lowest BCUT2D eigenvalue weighted by atomic mass is 10.0. The Morgan fingerprint density at radius 2 is 1.75 bits per heavy atom. The first kappa shape index (κ1) is 21.6. The third-order valence-corrected chi connectivity index (χ3v) is 4.51. The molecule has 0 radical (unpaired) electrons. The maximum atomic E-state index is 12.5. The molecule has 5 nitrogen and oxygen atoms in total. The summed E-state index contributed by atoms with van der Waals surface area (Å²) in [5.74, 6) is 0.355. The largest absolute Gasteiger partial charge is 0.497 e. The molecule has 0 aliphatic heterocycles. The summed E-state index contributed by atoms with van der Waals surface area (Å²) in [5.41, 5.74) is 1.29. The lowest BCUT2D eigenvalue weighted by Gasteiger charge is -2.30. The van der Waals surface area contributed by atoms with Gasteiger partial charge in [-0.15, -0.1) is 0 Å². The molecule has 0 heterocycles. The topological polar surface area (TPSA) is 50.8 Å². The number of alkyl halides is 2. The number of hydrogen-bond donors (Lipinski definition) is 1. The second-order valence-corrected chi connectivity index (χ2v) is 6.13. The molecule has 2 rings (SSSR count). The van der Waals surface area contributed by atoms with Crippen LogP contribution in [0.2, 0.25) is 0 Å². The minimum atomic E-state index is -2.93. The fourth-order valence-electron chi connectivity index (χ4n) is 3.08. The van der Waals surface area contributed by atoms with E-state index >= 15 is 0 Å². The number of amides is 1. The number of carbonyl (C=O) groups excluding carboxylic acids is 1. The molecular weight excluding hydrogens is 366 g/mol. The molecular formula is C21H26F2N2O3. The van der Waals surface area contributed by atoms with E-state index in [1.54, 1.807) is 13.2 Å². The van der Waals surface area contributed by atoms with E-state index in [-0.39, 0.29) is 23.3 Å². The molecule has 1 N–H and O–H groups in total. The van der Waals surface area contributed by atoms with Crippen LogP contribution in [0.1, 0.15) is 35.8 Å².